The zero-order valence-corrected chi connectivity index (χ0v) is 10.3. The zero-order valence-electron chi connectivity index (χ0n) is 8.73. The van der Waals surface area contributed by atoms with Crippen molar-refractivity contribution in [2.24, 2.45) is 5.41 Å². The van der Waals surface area contributed by atoms with Crippen molar-refractivity contribution in [3.05, 3.63) is 22.7 Å². The van der Waals surface area contributed by atoms with E-state index < -0.39 is 5.41 Å². The molecular formula is C11H13BrN2O. The predicted octanol–water partition coefficient (Wildman–Crippen LogP) is 2.84. The number of hydrogen-bond donors (Lipinski definition) is 2. The lowest BCUT2D eigenvalue weighted by molar-refractivity contribution is -0.123. The molecule has 1 heterocycles. The number of anilines is 2. The Hall–Kier alpha value is -1.03. The number of carbonyl (C=O) groups excluding carboxylic acids is 1. The molecule has 0 unspecified atom stereocenters. The number of para-hydroxylation sites is 1. The molecule has 0 saturated carbocycles. The van der Waals surface area contributed by atoms with E-state index >= 15 is 0 Å². The smallest absolute Gasteiger partial charge is 0.231 e. The minimum absolute atomic E-state index is 0.0480. The molecule has 0 spiro atoms. The lowest BCUT2D eigenvalue weighted by Gasteiger charge is -2.19. The van der Waals surface area contributed by atoms with E-state index in [4.69, 9.17) is 0 Å². The van der Waals surface area contributed by atoms with E-state index in [1.807, 2.05) is 32.0 Å². The van der Waals surface area contributed by atoms with Gasteiger partial charge in [-0.2, -0.15) is 0 Å². The van der Waals surface area contributed by atoms with Crippen LogP contribution in [0, 0.1) is 5.41 Å². The highest BCUT2D eigenvalue weighted by Crippen LogP contribution is 2.35. The van der Waals surface area contributed by atoms with Crippen molar-refractivity contribution in [1.29, 1.82) is 0 Å². The van der Waals surface area contributed by atoms with Crippen LogP contribution < -0.4 is 10.6 Å². The maximum Gasteiger partial charge on any atom is 0.231 e. The summed E-state index contributed by atoms with van der Waals surface area (Å²) in [5.74, 6) is 0.0480. The number of hydrogen-bond acceptors (Lipinski definition) is 2. The van der Waals surface area contributed by atoms with Gasteiger partial charge < -0.3 is 10.6 Å². The van der Waals surface area contributed by atoms with Crippen molar-refractivity contribution in [2.45, 2.75) is 13.8 Å². The van der Waals surface area contributed by atoms with Gasteiger partial charge in [0.15, 0.2) is 0 Å². The van der Waals surface area contributed by atoms with Gasteiger partial charge in [0, 0.05) is 11.0 Å². The minimum Gasteiger partial charge on any atom is -0.381 e. The number of carbonyl (C=O) groups is 1. The van der Waals surface area contributed by atoms with Crippen LogP contribution in [0.3, 0.4) is 0 Å². The molecule has 0 bridgehead atoms. The molecule has 15 heavy (non-hydrogen) atoms. The monoisotopic (exact) mass is 268 g/mol. The summed E-state index contributed by atoms with van der Waals surface area (Å²) in [6.07, 6.45) is 0. The van der Waals surface area contributed by atoms with Gasteiger partial charge in [-0.15, -0.1) is 0 Å². The molecule has 0 aliphatic carbocycles. The molecule has 0 aromatic heterocycles. The van der Waals surface area contributed by atoms with Crippen LogP contribution in [-0.4, -0.2) is 12.5 Å². The molecule has 1 aliphatic heterocycles. The van der Waals surface area contributed by atoms with Gasteiger partial charge in [0.05, 0.1) is 16.8 Å². The van der Waals surface area contributed by atoms with Crippen LogP contribution >= 0.6 is 15.9 Å². The van der Waals surface area contributed by atoms with Gasteiger partial charge in [0.1, 0.15) is 0 Å². The highest BCUT2D eigenvalue weighted by molar-refractivity contribution is 9.10. The van der Waals surface area contributed by atoms with Crippen LogP contribution in [0.1, 0.15) is 13.8 Å². The molecule has 0 saturated heterocycles. The fraction of sp³-hybridized carbons (Fsp3) is 0.364. The molecule has 3 nitrogen and oxygen atoms in total. The van der Waals surface area contributed by atoms with E-state index in [0.29, 0.717) is 6.54 Å². The lowest BCUT2D eigenvalue weighted by atomic mass is 9.93. The quantitative estimate of drug-likeness (QED) is 0.760. The summed E-state index contributed by atoms with van der Waals surface area (Å²) in [5.41, 5.74) is 1.40. The van der Waals surface area contributed by atoms with Crippen molar-refractivity contribution < 1.29 is 4.79 Å². The van der Waals surface area contributed by atoms with Gasteiger partial charge in [-0.05, 0) is 41.9 Å². The molecule has 4 heteroatoms. The zero-order chi connectivity index (χ0) is 11.1. The van der Waals surface area contributed by atoms with Gasteiger partial charge in [-0.3, -0.25) is 4.79 Å². The summed E-state index contributed by atoms with van der Waals surface area (Å²) in [5, 5.41) is 6.21. The van der Waals surface area contributed by atoms with Crippen molar-refractivity contribution in [3.63, 3.8) is 0 Å². The fourth-order valence-corrected chi connectivity index (χ4v) is 2.00. The first-order valence-corrected chi connectivity index (χ1v) is 5.64. The van der Waals surface area contributed by atoms with Crippen LogP contribution in [0.15, 0.2) is 22.7 Å². The third-order valence-electron chi connectivity index (χ3n) is 2.58. The molecule has 1 amide bonds. The Labute approximate surface area is 97.4 Å². The number of amides is 1. The van der Waals surface area contributed by atoms with E-state index in [1.54, 1.807) is 0 Å². The van der Waals surface area contributed by atoms with Gasteiger partial charge in [0.25, 0.3) is 0 Å². The SMILES string of the molecule is CC1(C)CNc2c(Br)cccc2NC1=O. The number of benzene rings is 1. The molecule has 0 radical (unpaired) electrons. The van der Waals surface area contributed by atoms with Gasteiger partial charge in [-0.1, -0.05) is 6.07 Å². The molecule has 0 fully saturated rings. The minimum atomic E-state index is -0.390. The maximum absolute atomic E-state index is 11.8. The second-order valence-corrected chi connectivity index (χ2v) is 5.21. The Kier molecular flexibility index (Phi) is 2.46. The second-order valence-electron chi connectivity index (χ2n) is 4.35. The summed E-state index contributed by atoms with van der Waals surface area (Å²) in [4.78, 5) is 11.8. The summed E-state index contributed by atoms with van der Waals surface area (Å²) < 4.78 is 0.970. The summed E-state index contributed by atoms with van der Waals surface area (Å²) >= 11 is 3.46. The van der Waals surface area contributed by atoms with Crippen LogP contribution in [0.4, 0.5) is 11.4 Å². The summed E-state index contributed by atoms with van der Waals surface area (Å²) in [6, 6.07) is 5.76. The first kappa shape index (κ1) is 10.5. The largest absolute Gasteiger partial charge is 0.381 e. The Morgan fingerprint density at radius 3 is 2.87 bits per heavy atom. The van der Waals surface area contributed by atoms with Crippen molar-refractivity contribution >= 4 is 33.2 Å². The average Bonchev–Trinajstić information content (AvgIpc) is 2.26. The third kappa shape index (κ3) is 1.86. The number of nitrogens with one attached hydrogen (secondary N) is 2. The molecule has 80 valence electrons. The Morgan fingerprint density at radius 2 is 2.13 bits per heavy atom. The average molecular weight is 269 g/mol. The molecule has 1 aromatic rings. The second kappa shape index (κ2) is 3.52. The Morgan fingerprint density at radius 1 is 1.40 bits per heavy atom. The van der Waals surface area contributed by atoms with Crippen molar-refractivity contribution in [2.75, 3.05) is 17.2 Å². The van der Waals surface area contributed by atoms with E-state index in [1.165, 1.54) is 0 Å². The number of rotatable bonds is 0. The van der Waals surface area contributed by atoms with Gasteiger partial charge in [0.2, 0.25) is 5.91 Å². The first-order valence-electron chi connectivity index (χ1n) is 4.84. The number of fused-ring (bicyclic) bond motifs is 1. The van der Waals surface area contributed by atoms with Crippen LogP contribution in [0.25, 0.3) is 0 Å². The van der Waals surface area contributed by atoms with Crippen molar-refractivity contribution in [1.82, 2.24) is 0 Å². The molecule has 2 N–H and O–H groups in total. The topological polar surface area (TPSA) is 41.1 Å². The van der Waals surface area contributed by atoms with Crippen LogP contribution in [-0.2, 0) is 4.79 Å². The first-order chi connectivity index (χ1) is 7.00. The highest BCUT2D eigenvalue weighted by atomic mass is 79.9. The maximum atomic E-state index is 11.8. The summed E-state index contributed by atoms with van der Waals surface area (Å²) in [6.45, 7) is 4.48. The third-order valence-corrected chi connectivity index (χ3v) is 3.24. The molecule has 2 rings (SSSR count). The molecule has 1 aliphatic rings. The molecular weight excluding hydrogens is 256 g/mol. The fourth-order valence-electron chi connectivity index (χ4n) is 1.49. The van der Waals surface area contributed by atoms with Crippen molar-refractivity contribution in [3.8, 4) is 0 Å². The normalized spacial score (nSPS) is 18.5. The molecule has 0 atom stereocenters. The molecule has 1 aromatic carbocycles. The Balaban J connectivity index is 2.44. The summed E-state index contributed by atoms with van der Waals surface area (Å²) in [7, 11) is 0. The van der Waals surface area contributed by atoms with Gasteiger partial charge >= 0.3 is 0 Å². The Bertz CT molecular complexity index is 415. The highest BCUT2D eigenvalue weighted by Gasteiger charge is 2.31. The standard InChI is InChI=1S/C11H13BrN2O/c1-11(2)6-13-9-7(12)4-3-5-8(9)14-10(11)15/h3-5,13H,6H2,1-2H3,(H,14,15). The van der Waals surface area contributed by atoms with E-state index in [-0.39, 0.29) is 5.91 Å². The predicted molar refractivity (Wildman–Crippen MR) is 65.0 cm³/mol. The van der Waals surface area contributed by atoms with Crippen LogP contribution in [0.2, 0.25) is 0 Å². The van der Waals surface area contributed by atoms with Crippen LogP contribution in [0.5, 0.6) is 0 Å². The van der Waals surface area contributed by atoms with E-state index in [0.717, 1.165) is 15.8 Å². The van der Waals surface area contributed by atoms with E-state index in [9.17, 15) is 4.79 Å². The number of halogens is 1. The van der Waals surface area contributed by atoms with E-state index in [2.05, 4.69) is 26.6 Å². The van der Waals surface area contributed by atoms with Gasteiger partial charge in [-0.25, -0.2) is 0 Å². The lowest BCUT2D eigenvalue weighted by Crippen LogP contribution is -2.34.